The van der Waals surface area contributed by atoms with E-state index in [1.807, 2.05) is 65.2 Å². The van der Waals surface area contributed by atoms with Gasteiger partial charge in [-0.15, -0.1) is 0 Å². The van der Waals surface area contributed by atoms with Gasteiger partial charge in [-0.2, -0.15) is 0 Å². The molecule has 0 fully saturated rings. The van der Waals surface area contributed by atoms with E-state index in [0.29, 0.717) is 10.7 Å². The summed E-state index contributed by atoms with van der Waals surface area (Å²) in [6.07, 6.45) is 0. The highest BCUT2D eigenvalue weighted by atomic mass is 35.5. The lowest BCUT2D eigenvalue weighted by Crippen LogP contribution is -2.19. The van der Waals surface area contributed by atoms with Crippen molar-refractivity contribution >= 4 is 34.2 Å². The molecule has 0 saturated carbocycles. The van der Waals surface area contributed by atoms with E-state index in [9.17, 15) is 4.79 Å². The molecule has 0 aliphatic carbocycles. The van der Waals surface area contributed by atoms with Gasteiger partial charge in [0.1, 0.15) is 12.4 Å². The molecular formula is C21H16ClN3O. The summed E-state index contributed by atoms with van der Waals surface area (Å²) in [7, 11) is 0. The average molecular weight is 362 g/mol. The SMILES string of the molecule is O=C(Cn1c(-c2ccccc2)nc2ccccc21)Nc1cccc(Cl)c1. The number of carbonyl (C=O) groups is 1. The number of rotatable bonds is 4. The first-order chi connectivity index (χ1) is 12.7. The van der Waals surface area contributed by atoms with E-state index in [1.165, 1.54) is 0 Å². The maximum atomic E-state index is 12.6. The molecule has 1 N–H and O–H groups in total. The second-order valence-corrected chi connectivity index (χ2v) is 6.37. The molecule has 0 bridgehead atoms. The maximum absolute atomic E-state index is 12.6. The fourth-order valence-corrected chi connectivity index (χ4v) is 3.14. The van der Waals surface area contributed by atoms with E-state index in [4.69, 9.17) is 16.6 Å². The number of carbonyl (C=O) groups excluding carboxylic acids is 1. The zero-order valence-corrected chi connectivity index (χ0v) is 14.6. The highest BCUT2D eigenvalue weighted by Gasteiger charge is 2.15. The summed E-state index contributed by atoms with van der Waals surface area (Å²) >= 11 is 5.99. The molecule has 0 unspecified atom stereocenters. The Morgan fingerprint density at radius 2 is 1.73 bits per heavy atom. The molecule has 26 heavy (non-hydrogen) atoms. The summed E-state index contributed by atoms with van der Waals surface area (Å²) in [5.41, 5.74) is 3.43. The van der Waals surface area contributed by atoms with Crippen molar-refractivity contribution in [3.63, 3.8) is 0 Å². The van der Waals surface area contributed by atoms with Crippen molar-refractivity contribution in [2.75, 3.05) is 5.32 Å². The second-order valence-electron chi connectivity index (χ2n) is 5.93. The number of hydrogen-bond donors (Lipinski definition) is 1. The number of aromatic nitrogens is 2. The molecule has 1 amide bonds. The number of benzene rings is 3. The van der Waals surface area contributed by atoms with Crippen LogP contribution >= 0.6 is 11.6 Å². The number of anilines is 1. The smallest absolute Gasteiger partial charge is 0.244 e. The van der Waals surface area contributed by atoms with Crippen LogP contribution in [0.1, 0.15) is 0 Å². The Balaban J connectivity index is 1.70. The first-order valence-corrected chi connectivity index (χ1v) is 8.64. The summed E-state index contributed by atoms with van der Waals surface area (Å²) in [4.78, 5) is 17.3. The molecule has 128 valence electrons. The number of amides is 1. The molecule has 0 atom stereocenters. The van der Waals surface area contributed by atoms with Crippen molar-refractivity contribution in [2.24, 2.45) is 0 Å². The molecule has 4 aromatic rings. The number of fused-ring (bicyclic) bond motifs is 1. The fraction of sp³-hybridized carbons (Fsp3) is 0.0476. The fourth-order valence-electron chi connectivity index (χ4n) is 2.95. The predicted molar refractivity (Wildman–Crippen MR) is 105 cm³/mol. The lowest BCUT2D eigenvalue weighted by molar-refractivity contribution is -0.116. The third-order valence-electron chi connectivity index (χ3n) is 4.10. The highest BCUT2D eigenvalue weighted by Crippen LogP contribution is 2.25. The van der Waals surface area contributed by atoms with Crippen LogP contribution in [0.25, 0.3) is 22.4 Å². The van der Waals surface area contributed by atoms with Crippen molar-refractivity contribution in [1.82, 2.24) is 9.55 Å². The average Bonchev–Trinajstić information content (AvgIpc) is 3.01. The lowest BCUT2D eigenvalue weighted by Gasteiger charge is -2.10. The van der Waals surface area contributed by atoms with Crippen LogP contribution in [-0.2, 0) is 11.3 Å². The Morgan fingerprint density at radius 3 is 2.54 bits per heavy atom. The van der Waals surface area contributed by atoms with Gasteiger partial charge in [0.15, 0.2) is 0 Å². The number of nitrogens with zero attached hydrogens (tertiary/aromatic N) is 2. The summed E-state index contributed by atoms with van der Waals surface area (Å²) in [6.45, 7) is 0.164. The van der Waals surface area contributed by atoms with Crippen molar-refractivity contribution in [1.29, 1.82) is 0 Å². The van der Waals surface area contributed by atoms with Gasteiger partial charge in [-0.25, -0.2) is 4.98 Å². The maximum Gasteiger partial charge on any atom is 0.244 e. The Kier molecular flexibility index (Phi) is 4.42. The summed E-state index contributed by atoms with van der Waals surface area (Å²) < 4.78 is 1.94. The van der Waals surface area contributed by atoms with Gasteiger partial charge in [-0.1, -0.05) is 60.1 Å². The van der Waals surface area contributed by atoms with E-state index in [0.717, 1.165) is 22.4 Å². The number of para-hydroxylation sites is 2. The normalized spacial score (nSPS) is 10.8. The van der Waals surface area contributed by atoms with Crippen molar-refractivity contribution in [2.45, 2.75) is 6.54 Å². The van der Waals surface area contributed by atoms with Crippen LogP contribution in [0.3, 0.4) is 0 Å². The van der Waals surface area contributed by atoms with E-state index in [2.05, 4.69) is 5.32 Å². The topological polar surface area (TPSA) is 46.9 Å². The van der Waals surface area contributed by atoms with Gasteiger partial charge in [0.2, 0.25) is 5.91 Å². The van der Waals surface area contributed by atoms with Gasteiger partial charge in [0, 0.05) is 16.3 Å². The van der Waals surface area contributed by atoms with Crippen LogP contribution in [0.4, 0.5) is 5.69 Å². The van der Waals surface area contributed by atoms with Crippen LogP contribution in [0, 0.1) is 0 Å². The van der Waals surface area contributed by atoms with Gasteiger partial charge in [0.05, 0.1) is 11.0 Å². The molecule has 0 radical (unpaired) electrons. The first kappa shape index (κ1) is 16.4. The zero-order valence-electron chi connectivity index (χ0n) is 13.9. The molecule has 0 spiro atoms. The van der Waals surface area contributed by atoms with Gasteiger partial charge in [-0.3, -0.25) is 4.79 Å². The molecule has 0 saturated heterocycles. The monoisotopic (exact) mass is 361 g/mol. The molecule has 3 aromatic carbocycles. The number of nitrogens with one attached hydrogen (secondary N) is 1. The largest absolute Gasteiger partial charge is 0.324 e. The molecule has 1 aromatic heterocycles. The zero-order chi connectivity index (χ0) is 17.9. The van der Waals surface area contributed by atoms with Gasteiger partial charge < -0.3 is 9.88 Å². The molecule has 1 heterocycles. The van der Waals surface area contributed by atoms with Crippen LogP contribution in [0.15, 0.2) is 78.9 Å². The van der Waals surface area contributed by atoms with Crippen LogP contribution in [-0.4, -0.2) is 15.5 Å². The molecule has 4 nitrogen and oxygen atoms in total. The lowest BCUT2D eigenvalue weighted by atomic mass is 10.2. The highest BCUT2D eigenvalue weighted by molar-refractivity contribution is 6.30. The summed E-state index contributed by atoms with van der Waals surface area (Å²) in [5.74, 6) is 0.639. The van der Waals surface area contributed by atoms with E-state index in [-0.39, 0.29) is 12.5 Å². The minimum atomic E-state index is -0.132. The third kappa shape index (κ3) is 3.32. The van der Waals surface area contributed by atoms with Crippen molar-refractivity contribution in [3.05, 3.63) is 83.9 Å². The molecular weight excluding hydrogens is 346 g/mol. The quantitative estimate of drug-likeness (QED) is 0.556. The number of imidazole rings is 1. The van der Waals surface area contributed by atoms with Crippen LogP contribution in [0.2, 0.25) is 5.02 Å². The number of hydrogen-bond acceptors (Lipinski definition) is 2. The minimum Gasteiger partial charge on any atom is -0.324 e. The number of halogens is 1. The van der Waals surface area contributed by atoms with Crippen molar-refractivity contribution in [3.8, 4) is 11.4 Å². The standard InChI is InChI=1S/C21H16ClN3O/c22-16-9-6-10-17(13-16)23-20(26)14-25-19-12-5-4-11-18(19)24-21(25)15-7-2-1-3-8-15/h1-13H,14H2,(H,23,26). The van der Waals surface area contributed by atoms with E-state index < -0.39 is 0 Å². The summed E-state index contributed by atoms with van der Waals surface area (Å²) in [6, 6.07) is 24.8. The van der Waals surface area contributed by atoms with E-state index in [1.54, 1.807) is 18.2 Å². The molecule has 0 aliphatic rings. The van der Waals surface area contributed by atoms with Gasteiger partial charge >= 0.3 is 0 Å². The first-order valence-electron chi connectivity index (χ1n) is 8.27. The van der Waals surface area contributed by atoms with Crippen molar-refractivity contribution < 1.29 is 4.79 Å². The third-order valence-corrected chi connectivity index (χ3v) is 4.33. The predicted octanol–water partition coefficient (Wildman–Crippen LogP) is 5.00. The molecule has 5 heteroatoms. The van der Waals surface area contributed by atoms with Gasteiger partial charge in [0.25, 0.3) is 0 Å². The summed E-state index contributed by atoms with van der Waals surface area (Å²) in [5, 5.41) is 3.48. The van der Waals surface area contributed by atoms with Crippen LogP contribution in [0.5, 0.6) is 0 Å². The minimum absolute atomic E-state index is 0.132. The van der Waals surface area contributed by atoms with Gasteiger partial charge in [-0.05, 0) is 30.3 Å². The van der Waals surface area contributed by atoms with E-state index >= 15 is 0 Å². The Hall–Kier alpha value is -3.11. The molecule has 0 aliphatic heterocycles. The molecule has 4 rings (SSSR count). The van der Waals surface area contributed by atoms with Crippen LogP contribution < -0.4 is 5.32 Å². The Labute approximate surface area is 156 Å². The Morgan fingerprint density at radius 1 is 0.962 bits per heavy atom. The second kappa shape index (κ2) is 7.02. The Bertz CT molecular complexity index is 1070.